The van der Waals surface area contributed by atoms with E-state index in [0.717, 1.165) is 5.56 Å². The standard InChI is InChI=1S/C12H12N4O3S/c17-10(15-11-16-14-8-20-11)6-13-12(18)19-7-9-4-2-1-3-5-9/h1-5,8H,6-7H2,(H,13,18)(H,15,16,17). The first-order valence-electron chi connectivity index (χ1n) is 5.74. The van der Waals surface area contributed by atoms with Gasteiger partial charge in [-0.3, -0.25) is 10.1 Å². The van der Waals surface area contributed by atoms with Crippen LogP contribution in [0.5, 0.6) is 0 Å². The van der Waals surface area contributed by atoms with Crippen molar-refractivity contribution in [3.05, 3.63) is 41.4 Å². The van der Waals surface area contributed by atoms with Crippen molar-refractivity contribution >= 4 is 28.5 Å². The summed E-state index contributed by atoms with van der Waals surface area (Å²) in [5, 5.41) is 12.4. The van der Waals surface area contributed by atoms with Gasteiger partial charge in [-0.25, -0.2) is 4.79 Å². The van der Waals surface area contributed by atoms with Crippen LogP contribution < -0.4 is 10.6 Å². The molecular weight excluding hydrogens is 280 g/mol. The Kier molecular flexibility index (Phi) is 5.01. The second-order valence-electron chi connectivity index (χ2n) is 3.71. The van der Waals surface area contributed by atoms with Crippen LogP contribution >= 0.6 is 11.3 Å². The smallest absolute Gasteiger partial charge is 0.407 e. The maximum Gasteiger partial charge on any atom is 0.407 e. The SMILES string of the molecule is O=C(CNC(=O)OCc1ccccc1)Nc1nncs1. The predicted molar refractivity (Wildman–Crippen MR) is 73.2 cm³/mol. The highest BCUT2D eigenvalue weighted by Gasteiger charge is 2.08. The minimum atomic E-state index is -0.652. The summed E-state index contributed by atoms with van der Waals surface area (Å²) in [5.74, 6) is -0.390. The van der Waals surface area contributed by atoms with E-state index < -0.39 is 12.0 Å². The minimum absolute atomic E-state index is 0.157. The van der Waals surface area contributed by atoms with E-state index in [2.05, 4.69) is 20.8 Å². The molecule has 8 heteroatoms. The zero-order chi connectivity index (χ0) is 14.2. The number of amides is 2. The molecule has 2 rings (SSSR count). The molecule has 1 aromatic carbocycles. The molecule has 7 nitrogen and oxygen atoms in total. The minimum Gasteiger partial charge on any atom is -0.445 e. The monoisotopic (exact) mass is 292 g/mol. The van der Waals surface area contributed by atoms with Gasteiger partial charge >= 0.3 is 6.09 Å². The van der Waals surface area contributed by atoms with Crippen molar-refractivity contribution in [2.45, 2.75) is 6.61 Å². The fraction of sp³-hybridized carbons (Fsp3) is 0.167. The van der Waals surface area contributed by atoms with Gasteiger partial charge in [0.05, 0.1) is 0 Å². The lowest BCUT2D eigenvalue weighted by molar-refractivity contribution is -0.115. The number of ether oxygens (including phenoxy) is 1. The zero-order valence-corrected chi connectivity index (χ0v) is 11.2. The van der Waals surface area contributed by atoms with Gasteiger partial charge in [0.2, 0.25) is 11.0 Å². The van der Waals surface area contributed by atoms with E-state index >= 15 is 0 Å². The van der Waals surface area contributed by atoms with Crippen LogP contribution in [0, 0.1) is 0 Å². The normalized spacial score (nSPS) is 9.80. The van der Waals surface area contributed by atoms with E-state index in [1.165, 1.54) is 16.8 Å². The topological polar surface area (TPSA) is 93.2 Å². The van der Waals surface area contributed by atoms with Crippen molar-refractivity contribution in [2.24, 2.45) is 0 Å². The third-order valence-electron chi connectivity index (χ3n) is 2.21. The van der Waals surface area contributed by atoms with Crippen molar-refractivity contribution < 1.29 is 14.3 Å². The van der Waals surface area contributed by atoms with Gasteiger partial charge in [-0.2, -0.15) is 0 Å². The second-order valence-corrected chi connectivity index (χ2v) is 4.54. The largest absolute Gasteiger partial charge is 0.445 e. The molecule has 0 radical (unpaired) electrons. The van der Waals surface area contributed by atoms with E-state index in [1.54, 1.807) is 0 Å². The van der Waals surface area contributed by atoms with Gasteiger partial charge < -0.3 is 10.1 Å². The van der Waals surface area contributed by atoms with Gasteiger partial charge in [-0.05, 0) is 5.56 Å². The molecule has 0 saturated carbocycles. The number of carbonyl (C=O) groups excluding carboxylic acids is 2. The van der Waals surface area contributed by atoms with E-state index in [1.807, 2.05) is 30.3 Å². The lowest BCUT2D eigenvalue weighted by atomic mass is 10.2. The van der Waals surface area contributed by atoms with Crippen molar-refractivity contribution in [3.8, 4) is 0 Å². The average Bonchev–Trinajstić information content (AvgIpc) is 2.97. The number of rotatable bonds is 5. The van der Waals surface area contributed by atoms with E-state index in [4.69, 9.17) is 4.74 Å². The van der Waals surface area contributed by atoms with E-state index in [0.29, 0.717) is 5.13 Å². The number of anilines is 1. The van der Waals surface area contributed by atoms with Gasteiger partial charge in [0.1, 0.15) is 18.7 Å². The molecule has 2 aromatic rings. The number of carbonyl (C=O) groups is 2. The van der Waals surface area contributed by atoms with Gasteiger partial charge in [-0.1, -0.05) is 41.7 Å². The number of nitrogens with one attached hydrogen (secondary N) is 2. The summed E-state index contributed by atoms with van der Waals surface area (Å²) in [6, 6.07) is 9.27. The first-order chi connectivity index (χ1) is 9.74. The van der Waals surface area contributed by atoms with Crippen LogP contribution in [-0.2, 0) is 16.1 Å². The summed E-state index contributed by atoms with van der Waals surface area (Å²) in [5.41, 5.74) is 2.37. The molecule has 0 atom stereocenters. The summed E-state index contributed by atoms with van der Waals surface area (Å²) < 4.78 is 4.96. The molecule has 1 aromatic heterocycles. The third kappa shape index (κ3) is 4.65. The van der Waals surface area contributed by atoms with Crippen LogP contribution in [-0.4, -0.2) is 28.7 Å². The zero-order valence-electron chi connectivity index (χ0n) is 10.4. The van der Waals surface area contributed by atoms with Crippen LogP contribution in [0.3, 0.4) is 0 Å². The molecule has 0 bridgehead atoms. The highest BCUT2D eigenvalue weighted by Crippen LogP contribution is 2.06. The Morgan fingerprint density at radius 3 is 2.75 bits per heavy atom. The maximum atomic E-state index is 11.4. The fourth-order valence-corrected chi connectivity index (χ4v) is 1.78. The van der Waals surface area contributed by atoms with Crippen LogP contribution in [0.25, 0.3) is 0 Å². The van der Waals surface area contributed by atoms with Gasteiger partial charge in [-0.15, -0.1) is 10.2 Å². The molecule has 0 aliphatic heterocycles. The maximum absolute atomic E-state index is 11.4. The number of aromatic nitrogens is 2. The molecule has 2 amide bonds. The second kappa shape index (κ2) is 7.19. The molecule has 1 heterocycles. The van der Waals surface area contributed by atoms with Crippen molar-refractivity contribution in [1.29, 1.82) is 0 Å². The van der Waals surface area contributed by atoms with Crippen LogP contribution in [0.1, 0.15) is 5.56 Å². The summed E-state index contributed by atoms with van der Waals surface area (Å²) in [6.07, 6.45) is -0.652. The number of nitrogens with zero attached hydrogens (tertiary/aromatic N) is 2. The Morgan fingerprint density at radius 2 is 2.05 bits per heavy atom. The van der Waals surface area contributed by atoms with Crippen LogP contribution in [0.15, 0.2) is 35.8 Å². The Balaban J connectivity index is 1.66. The number of alkyl carbamates (subject to hydrolysis) is 1. The highest BCUT2D eigenvalue weighted by atomic mass is 32.1. The first-order valence-corrected chi connectivity index (χ1v) is 6.62. The quantitative estimate of drug-likeness (QED) is 0.869. The number of hydrogen-bond donors (Lipinski definition) is 2. The molecule has 104 valence electrons. The Morgan fingerprint density at radius 1 is 1.25 bits per heavy atom. The lowest BCUT2D eigenvalue weighted by Crippen LogP contribution is -2.33. The number of hydrogen-bond acceptors (Lipinski definition) is 6. The van der Waals surface area contributed by atoms with Gasteiger partial charge in [0, 0.05) is 0 Å². The molecule has 2 N–H and O–H groups in total. The summed E-state index contributed by atoms with van der Waals surface area (Å²) in [4.78, 5) is 22.8. The Labute approximate surface area is 119 Å². The van der Waals surface area contributed by atoms with Gasteiger partial charge in [0.15, 0.2) is 0 Å². The molecular formula is C12H12N4O3S. The van der Waals surface area contributed by atoms with Crippen molar-refractivity contribution in [1.82, 2.24) is 15.5 Å². The Hall–Kier alpha value is -2.48. The first kappa shape index (κ1) is 13.9. The number of benzene rings is 1. The highest BCUT2D eigenvalue weighted by molar-refractivity contribution is 7.13. The third-order valence-corrected chi connectivity index (χ3v) is 2.82. The summed E-state index contributed by atoms with van der Waals surface area (Å²) >= 11 is 1.19. The molecule has 0 fully saturated rings. The lowest BCUT2D eigenvalue weighted by Gasteiger charge is -2.06. The molecule has 0 aliphatic carbocycles. The molecule has 0 aliphatic rings. The summed E-state index contributed by atoms with van der Waals surface area (Å²) in [6.45, 7) is -0.0299. The molecule has 20 heavy (non-hydrogen) atoms. The van der Waals surface area contributed by atoms with Crippen molar-refractivity contribution in [3.63, 3.8) is 0 Å². The van der Waals surface area contributed by atoms with Gasteiger partial charge in [0.25, 0.3) is 0 Å². The molecule has 0 unspecified atom stereocenters. The van der Waals surface area contributed by atoms with Crippen LogP contribution in [0.2, 0.25) is 0 Å². The van der Waals surface area contributed by atoms with Crippen LogP contribution in [0.4, 0.5) is 9.93 Å². The van der Waals surface area contributed by atoms with E-state index in [-0.39, 0.29) is 13.2 Å². The van der Waals surface area contributed by atoms with Crippen molar-refractivity contribution in [2.75, 3.05) is 11.9 Å². The van der Waals surface area contributed by atoms with E-state index in [9.17, 15) is 9.59 Å². The predicted octanol–water partition coefficient (Wildman–Crippen LogP) is 1.40. The molecule has 0 spiro atoms. The Bertz CT molecular complexity index is 559. The molecule has 0 saturated heterocycles. The average molecular weight is 292 g/mol. The fourth-order valence-electron chi connectivity index (χ4n) is 1.32. The summed E-state index contributed by atoms with van der Waals surface area (Å²) in [7, 11) is 0.